The molecule has 178 valence electrons. The van der Waals surface area contributed by atoms with Gasteiger partial charge in [-0.15, -0.1) is 0 Å². The van der Waals surface area contributed by atoms with Crippen LogP contribution in [0.5, 0.6) is 0 Å². The molecule has 2 fully saturated rings. The molecule has 0 radical (unpaired) electrons. The van der Waals surface area contributed by atoms with Gasteiger partial charge in [-0.05, 0) is 31.9 Å². The van der Waals surface area contributed by atoms with Crippen molar-refractivity contribution in [2.24, 2.45) is 5.92 Å². The summed E-state index contributed by atoms with van der Waals surface area (Å²) in [6.07, 6.45) is 1.02. The van der Waals surface area contributed by atoms with Crippen molar-refractivity contribution in [1.82, 2.24) is 19.2 Å². The highest BCUT2D eigenvalue weighted by Crippen LogP contribution is 2.26. The monoisotopic (exact) mass is 479 g/mol. The molecule has 2 saturated heterocycles. The van der Waals surface area contributed by atoms with Crippen LogP contribution in [0.4, 0.5) is 10.1 Å². The number of hydrogen-bond acceptors (Lipinski definition) is 6. The summed E-state index contributed by atoms with van der Waals surface area (Å²) in [4.78, 5) is 44.1. The van der Waals surface area contributed by atoms with Crippen LogP contribution in [-0.2, 0) is 14.8 Å². The highest BCUT2D eigenvalue weighted by atomic mass is 32.2. The van der Waals surface area contributed by atoms with E-state index in [1.165, 1.54) is 13.0 Å². The van der Waals surface area contributed by atoms with Crippen molar-refractivity contribution in [1.29, 1.82) is 0 Å². The molecule has 0 spiro atoms. The zero-order valence-corrected chi connectivity index (χ0v) is 19.0. The minimum atomic E-state index is -4.19. The predicted molar refractivity (Wildman–Crippen MR) is 119 cm³/mol. The van der Waals surface area contributed by atoms with Gasteiger partial charge in [0.05, 0.1) is 11.6 Å². The van der Waals surface area contributed by atoms with Gasteiger partial charge in [0.2, 0.25) is 15.9 Å². The van der Waals surface area contributed by atoms with Gasteiger partial charge in [-0.2, -0.15) is 4.31 Å². The number of benzene rings is 1. The number of aromatic nitrogens is 2. The molecule has 1 amide bonds. The number of carbonyl (C=O) groups excluding carboxylic acids is 1. The fourth-order valence-electron chi connectivity index (χ4n) is 4.52. The second kappa shape index (κ2) is 9.10. The highest BCUT2D eigenvalue weighted by Gasteiger charge is 2.37. The molecule has 10 nitrogen and oxygen atoms in total. The average Bonchev–Trinajstić information content (AvgIpc) is 2.78. The number of carbonyl (C=O) groups is 1. The van der Waals surface area contributed by atoms with Crippen LogP contribution >= 0.6 is 0 Å². The van der Waals surface area contributed by atoms with Crippen molar-refractivity contribution in [3.63, 3.8) is 0 Å². The standard InChI is InChI=1S/C21H26FN5O5S/c1-14-18(19(28)24-21(30)23-14)33(31,32)27-8-4-5-15(13-27)20(29)26-11-9-25(10-12-26)17-7-3-2-6-16(17)22/h2-3,6-7,15H,4-5,8-13H2,1H3,(H2,23,24,28,30). The second-order valence-corrected chi connectivity index (χ2v) is 10.2. The van der Waals surface area contributed by atoms with E-state index in [4.69, 9.17) is 0 Å². The number of piperazine rings is 1. The maximum Gasteiger partial charge on any atom is 0.325 e. The Hall–Kier alpha value is -2.99. The summed E-state index contributed by atoms with van der Waals surface area (Å²) in [5.41, 5.74) is -1.30. The van der Waals surface area contributed by atoms with E-state index in [1.54, 1.807) is 23.1 Å². The van der Waals surface area contributed by atoms with Gasteiger partial charge in [0.1, 0.15) is 5.82 Å². The molecule has 1 atom stereocenters. The molecule has 12 heteroatoms. The van der Waals surface area contributed by atoms with Gasteiger partial charge in [-0.1, -0.05) is 12.1 Å². The van der Waals surface area contributed by atoms with E-state index in [0.29, 0.717) is 44.7 Å². The number of anilines is 1. The zero-order chi connectivity index (χ0) is 23.8. The first-order valence-electron chi connectivity index (χ1n) is 10.8. The summed E-state index contributed by atoms with van der Waals surface area (Å²) in [5, 5.41) is 0. The summed E-state index contributed by atoms with van der Waals surface area (Å²) in [7, 11) is -4.19. The van der Waals surface area contributed by atoms with E-state index >= 15 is 0 Å². The molecular weight excluding hydrogens is 453 g/mol. The second-order valence-electron chi connectivity index (χ2n) is 8.33. The van der Waals surface area contributed by atoms with Gasteiger partial charge in [-0.3, -0.25) is 14.6 Å². The Morgan fingerprint density at radius 2 is 1.76 bits per heavy atom. The van der Waals surface area contributed by atoms with Crippen molar-refractivity contribution >= 4 is 21.6 Å². The number of sulfonamides is 1. The molecule has 3 heterocycles. The molecule has 0 aliphatic carbocycles. The van der Waals surface area contributed by atoms with E-state index in [1.807, 2.05) is 9.88 Å². The van der Waals surface area contributed by atoms with E-state index in [9.17, 15) is 27.2 Å². The van der Waals surface area contributed by atoms with E-state index in [0.717, 1.165) is 4.31 Å². The number of halogens is 1. The van der Waals surface area contributed by atoms with Crippen LogP contribution in [0.1, 0.15) is 18.5 Å². The molecule has 0 bridgehead atoms. The van der Waals surface area contributed by atoms with Crippen molar-refractivity contribution < 1.29 is 17.6 Å². The van der Waals surface area contributed by atoms with Crippen molar-refractivity contribution in [2.45, 2.75) is 24.7 Å². The predicted octanol–water partition coefficient (Wildman–Crippen LogP) is 0.260. The molecule has 2 aliphatic heterocycles. The van der Waals surface area contributed by atoms with Crippen molar-refractivity contribution in [2.75, 3.05) is 44.2 Å². The zero-order valence-electron chi connectivity index (χ0n) is 18.2. The third-order valence-corrected chi connectivity index (χ3v) is 8.21. The molecule has 1 aromatic carbocycles. The maximum atomic E-state index is 14.1. The third kappa shape index (κ3) is 4.58. The number of nitrogens with zero attached hydrogens (tertiary/aromatic N) is 3. The number of H-pyrrole nitrogens is 2. The van der Waals surface area contributed by atoms with Gasteiger partial charge in [0.15, 0.2) is 4.90 Å². The van der Waals surface area contributed by atoms with Crippen LogP contribution in [0.3, 0.4) is 0 Å². The highest BCUT2D eigenvalue weighted by molar-refractivity contribution is 7.89. The van der Waals surface area contributed by atoms with Crippen LogP contribution in [0.25, 0.3) is 0 Å². The number of hydrogen-bond donors (Lipinski definition) is 2. The van der Waals surface area contributed by atoms with E-state index in [-0.39, 0.29) is 30.5 Å². The van der Waals surface area contributed by atoms with E-state index in [2.05, 4.69) is 4.98 Å². The first-order chi connectivity index (χ1) is 15.7. The minimum Gasteiger partial charge on any atom is -0.366 e. The van der Waals surface area contributed by atoms with Crippen LogP contribution < -0.4 is 16.1 Å². The van der Waals surface area contributed by atoms with Gasteiger partial charge in [0, 0.05) is 45.0 Å². The van der Waals surface area contributed by atoms with Crippen molar-refractivity contribution in [3.8, 4) is 0 Å². The Balaban J connectivity index is 1.45. The average molecular weight is 480 g/mol. The molecule has 0 saturated carbocycles. The van der Waals surface area contributed by atoms with Gasteiger partial charge < -0.3 is 14.8 Å². The molecule has 2 N–H and O–H groups in total. The largest absolute Gasteiger partial charge is 0.366 e. The number of aromatic amines is 2. The van der Waals surface area contributed by atoms with Crippen molar-refractivity contribution in [3.05, 3.63) is 56.6 Å². The first-order valence-corrected chi connectivity index (χ1v) is 12.2. The number of para-hydroxylation sites is 1. The quantitative estimate of drug-likeness (QED) is 0.648. The Morgan fingerprint density at radius 1 is 1.06 bits per heavy atom. The lowest BCUT2D eigenvalue weighted by Crippen LogP contribution is -2.53. The Bertz CT molecular complexity index is 1270. The summed E-state index contributed by atoms with van der Waals surface area (Å²) in [5.74, 6) is -0.983. The number of piperidine rings is 1. The summed E-state index contributed by atoms with van der Waals surface area (Å²) in [6, 6.07) is 6.50. The SMILES string of the molecule is Cc1[nH]c(=O)[nH]c(=O)c1S(=O)(=O)N1CCCC(C(=O)N2CCN(c3ccccc3F)CC2)C1. The lowest BCUT2D eigenvalue weighted by molar-refractivity contribution is -0.137. The molecule has 4 rings (SSSR count). The van der Waals surface area contributed by atoms with Gasteiger partial charge in [-0.25, -0.2) is 17.6 Å². The lowest BCUT2D eigenvalue weighted by Gasteiger charge is -2.39. The summed E-state index contributed by atoms with van der Waals surface area (Å²) >= 11 is 0. The normalized spacial score (nSPS) is 20.1. The topological polar surface area (TPSA) is 127 Å². The van der Waals surface area contributed by atoms with Gasteiger partial charge >= 0.3 is 5.69 Å². The fourth-order valence-corrected chi connectivity index (χ4v) is 6.25. The summed E-state index contributed by atoms with van der Waals surface area (Å²) < 4.78 is 41.5. The Labute approximate surface area is 190 Å². The van der Waals surface area contributed by atoms with E-state index < -0.39 is 32.1 Å². The molecular formula is C21H26FN5O5S. The van der Waals surface area contributed by atoms with Crippen LogP contribution in [0.2, 0.25) is 0 Å². The molecule has 33 heavy (non-hydrogen) atoms. The Morgan fingerprint density at radius 3 is 2.42 bits per heavy atom. The molecule has 2 aromatic rings. The first kappa shape index (κ1) is 23.2. The fraction of sp³-hybridized carbons (Fsp3) is 0.476. The smallest absolute Gasteiger partial charge is 0.325 e. The number of amides is 1. The minimum absolute atomic E-state index is 0.0350. The number of rotatable bonds is 4. The number of nitrogens with one attached hydrogen (secondary N) is 2. The van der Waals surface area contributed by atoms with Crippen LogP contribution in [-0.4, -0.2) is 72.8 Å². The Kier molecular flexibility index (Phi) is 6.39. The molecule has 1 unspecified atom stereocenters. The van der Waals surface area contributed by atoms with Gasteiger partial charge in [0.25, 0.3) is 5.56 Å². The maximum absolute atomic E-state index is 14.1. The number of aryl methyl sites for hydroxylation is 1. The lowest BCUT2D eigenvalue weighted by atomic mass is 9.97. The van der Waals surface area contributed by atoms with Crippen LogP contribution in [0.15, 0.2) is 38.8 Å². The third-order valence-electron chi connectivity index (χ3n) is 6.19. The molecule has 1 aromatic heterocycles. The summed E-state index contributed by atoms with van der Waals surface area (Å²) in [6.45, 7) is 3.29. The van der Waals surface area contributed by atoms with Crippen LogP contribution in [0, 0.1) is 18.7 Å². The molecule has 2 aliphatic rings.